The Morgan fingerprint density at radius 1 is 0.847 bits per heavy atom. The van der Waals surface area contributed by atoms with Gasteiger partial charge in [0.2, 0.25) is 0 Å². The van der Waals surface area contributed by atoms with Gasteiger partial charge in [0, 0.05) is 75.4 Å². The van der Waals surface area contributed by atoms with Crippen molar-refractivity contribution in [2.75, 3.05) is 78.1 Å². The van der Waals surface area contributed by atoms with Gasteiger partial charge in [-0.2, -0.15) is 0 Å². The van der Waals surface area contributed by atoms with Crippen LogP contribution < -0.4 is 15.2 Å². The van der Waals surface area contributed by atoms with Crippen molar-refractivity contribution in [2.24, 2.45) is 0 Å². The highest BCUT2D eigenvalue weighted by molar-refractivity contribution is 5.89. The van der Waals surface area contributed by atoms with Gasteiger partial charge in [0.1, 0.15) is 23.9 Å². The van der Waals surface area contributed by atoms with Gasteiger partial charge in [-0.25, -0.2) is 4.98 Å². The summed E-state index contributed by atoms with van der Waals surface area (Å²) in [5.41, 5.74) is 15.8. The number of allylic oxidation sites excluding steroid dienone is 6. The molecule has 2 aliphatic rings. The molecule has 1 fully saturated rings. The maximum atomic E-state index is 6.35. The number of aromatic nitrogens is 1. The minimum absolute atomic E-state index is 0.560. The number of unbranched alkanes of at least 4 members (excludes halogenated alkanes) is 5. The van der Waals surface area contributed by atoms with Gasteiger partial charge in [-0.1, -0.05) is 100 Å². The van der Waals surface area contributed by atoms with Crippen LogP contribution in [0.15, 0.2) is 96.9 Å². The first-order chi connectivity index (χ1) is 28.9. The summed E-state index contributed by atoms with van der Waals surface area (Å²) in [6.45, 7) is 22.6. The molecule has 2 aromatic carbocycles. The topological polar surface area (TPSA) is 82.3 Å². The number of nitrogens with zero attached hydrogens (tertiary/aromatic N) is 3. The van der Waals surface area contributed by atoms with Gasteiger partial charge in [0.25, 0.3) is 0 Å². The molecule has 5 rings (SSSR count). The molecule has 8 nitrogen and oxygen atoms in total. The van der Waals surface area contributed by atoms with E-state index >= 15 is 0 Å². The Morgan fingerprint density at radius 3 is 2.29 bits per heavy atom. The monoisotopic (exact) mass is 805 g/mol. The van der Waals surface area contributed by atoms with Gasteiger partial charge in [-0.15, -0.1) is 0 Å². The molecule has 0 radical (unpaired) electrons. The minimum atomic E-state index is 0.560. The third-order valence-corrected chi connectivity index (χ3v) is 11.8. The molecule has 1 atom stereocenters. The molecule has 2 N–H and O–H groups in total. The summed E-state index contributed by atoms with van der Waals surface area (Å²) in [6.07, 6.45) is 21.6. The molecule has 0 saturated carbocycles. The van der Waals surface area contributed by atoms with E-state index in [4.69, 9.17) is 24.7 Å². The van der Waals surface area contributed by atoms with Crippen molar-refractivity contribution in [3.63, 3.8) is 0 Å². The zero-order valence-corrected chi connectivity index (χ0v) is 36.7. The van der Waals surface area contributed by atoms with Crippen LogP contribution >= 0.6 is 0 Å². The first-order valence-corrected chi connectivity index (χ1v) is 22.4. The lowest BCUT2D eigenvalue weighted by atomic mass is 9.96. The van der Waals surface area contributed by atoms with Crippen LogP contribution in [0.5, 0.6) is 11.5 Å². The molecule has 1 aliphatic carbocycles. The summed E-state index contributed by atoms with van der Waals surface area (Å²) < 4.78 is 23.8. The van der Waals surface area contributed by atoms with Gasteiger partial charge < -0.3 is 29.6 Å². The highest BCUT2D eigenvalue weighted by Crippen LogP contribution is 2.38. The summed E-state index contributed by atoms with van der Waals surface area (Å²) in [5.74, 6) is 2.99. The number of hydrogen-bond acceptors (Lipinski definition) is 8. The number of fused-ring (bicyclic) bond motifs is 1. The van der Waals surface area contributed by atoms with E-state index < -0.39 is 0 Å². The Hall–Kier alpha value is -4.37. The van der Waals surface area contributed by atoms with Gasteiger partial charge >= 0.3 is 0 Å². The fraction of sp³-hybridized carbons (Fsp3) is 0.510. The Morgan fingerprint density at radius 2 is 1.56 bits per heavy atom. The van der Waals surface area contributed by atoms with Crippen molar-refractivity contribution in [1.82, 2.24) is 14.8 Å². The van der Waals surface area contributed by atoms with E-state index in [0.29, 0.717) is 31.6 Å². The Bertz CT molecular complexity index is 1810. The molecule has 59 heavy (non-hydrogen) atoms. The lowest BCUT2D eigenvalue weighted by Crippen LogP contribution is -2.46. The number of piperazine rings is 1. The lowest BCUT2D eigenvalue weighted by Gasteiger charge is -2.37. The van der Waals surface area contributed by atoms with Gasteiger partial charge in [0.05, 0.1) is 19.8 Å². The smallest absolute Gasteiger partial charge is 0.131 e. The minimum Gasteiger partial charge on any atom is -0.494 e. The third kappa shape index (κ3) is 15.0. The van der Waals surface area contributed by atoms with Gasteiger partial charge in [-0.3, -0.25) is 4.90 Å². The fourth-order valence-corrected chi connectivity index (χ4v) is 7.66. The highest BCUT2D eigenvalue weighted by Gasteiger charge is 2.21. The number of benzene rings is 2. The molecular weight excluding hydrogens is 733 g/mol. The maximum absolute atomic E-state index is 6.35. The van der Waals surface area contributed by atoms with E-state index in [2.05, 4.69) is 109 Å². The predicted octanol–water partition coefficient (Wildman–Crippen LogP) is 11.0. The van der Waals surface area contributed by atoms with Crippen molar-refractivity contribution < 1.29 is 18.9 Å². The maximum Gasteiger partial charge on any atom is 0.131 e. The number of anilines is 1. The molecule has 0 bridgehead atoms. The molecule has 1 aliphatic heterocycles. The van der Waals surface area contributed by atoms with Crippen molar-refractivity contribution in [3.05, 3.63) is 114 Å². The molecular formula is C51H72N4O4. The second kappa shape index (κ2) is 25.3. The van der Waals surface area contributed by atoms with Crippen LogP contribution in [-0.4, -0.2) is 87.1 Å². The quantitative estimate of drug-likeness (QED) is 0.0603. The van der Waals surface area contributed by atoms with Crippen LogP contribution in [-0.2, 0) is 15.9 Å². The normalized spacial score (nSPS) is 15.1. The van der Waals surface area contributed by atoms with E-state index in [1.165, 1.54) is 48.1 Å². The van der Waals surface area contributed by atoms with Crippen molar-refractivity contribution in [1.29, 1.82) is 0 Å². The molecule has 1 unspecified atom stereocenters. The fourth-order valence-electron chi connectivity index (χ4n) is 7.66. The van der Waals surface area contributed by atoms with Crippen LogP contribution in [0.25, 0.3) is 16.7 Å². The van der Waals surface area contributed by atoms with E-state index in [1.807, 2.05) is 19.2 Å². The van der Waals surface area contributed by atoms with E-state index in [9.17, 15) is 0 Å². The summed E-state index contributed by atoms with van der Waals surface area (Å²) >= 11 is 0. The molecule has 0 spiro atoms. The van der Waals surface area contributed by atoms with Crippen molar-refractivity contribution >= 4 is 11.4 Å². The predicted molar refractivity (Wildman–Crippen MR) is 246 cm³/mol. The van der Waals surface area contributed by atoms with Crippen molar-refractivity contribution in [3.8, 4) is 22.6 Å². The van der Waals surface area contributed by atoms with Crippen LogP contribution in [0.4, 0.5) is 5.82 Å². The lowest BCUT2D eigenvalue weighted by molar-refractivity contribution is 0.0968. The highest BCUT2D eigenvalue weighted by atomic mass is 16.5. The second-order valence-corrected chi connectivity index (χ2v) is 16.1. The first-order valence-electron chi connectivity index (χ1n) is 22.4. The van der Waals surface area contributed by atoms with Crippen LogP contribution in [0, 0.1) is 0 Å². The SMILES string of the molecule is C=C(CCOCCCCCCCCOCCOc1cccc(C(C)CC)c1)N1CCN(CCCOc2ccc(-c3cnc(N)c4c3CC=C4/C=C\C(C)=C/C)cc2)CC1. The molecule has 1 saturated heterocycles. The molecule has 320 valence electrons. The number of nitrogen functional groups attached to an aromatic ring is 1. The van der Waals surface area contributed by atoms with E-state index in [0.717, 1.165) is 125 Å². The molecule has 0 amide bonds. The van der Waals surface area contributed by atoms with Gasteiger partial charge in [0.15, 0.2) is 0 Å². The summed E-state index contributed by atoms with van der Waals surface area (Å²) in [7, 11) is 0. The zero-order chi connectivity index (χ0) is 41.7. The molecule has 2 heterocycles. The Balaban J connectivity index is 0.834. The standard InChI is InChI=1S/C51H72N4O4/c1-6-40(3)18-19-44-22-25-48-49(39-53-51(52)50(44)48)43-20-23-46(24-21-43)58-34-15-27-54-28-30-55(31-29-54)42(5)26-35-56-32-12-10-8-9-11-13-33-57-36-37-59-47-17-14-16-45(38-47)41(4)7-2/h6,14,16-24,38-39,41H,5,7-13,15,25-37H2,1-4H3,(H2,52,53)/b19-18-,40-6-. The van der Waals surface area contributed by atoms with Crippen LogP contribution in [0.1, 0.15) is 108 Å². The average molecular weight is 805 g/mol. The van der Waals surface area contributed by atoms with Crippen molar-refractivity contribution in [2.45, 2.75) is 97.8 Å². The summed E-state index contributed by atoms with van der Waals surface area (Å²) in [5, 5.41) is 0. The third-order valence-electron chi connectivity index (χ3n) is 11.8. The van der Waals surface area contributed by atoms with Gasteiger partial charge in [-0.05, 0) is 98.4 Å². The number of pyridine rings is 1. The van der Waals surface area contributed by atoms with E-state index in [-0.39, 0.29) is 0 Å². The summed E-state index contributed by atoms with van der Waals surface area (Å²) in [4.78, 5) is 9.53. The Labute approximate surface area is 356 Å². The van der Waals surface area contributed by atoms with E-state index in [1.54, 1.807) is 0 Å². The second-order valence-electron chi connectivity index (χ2n) is 16.1. The Kier molecular flexibility index (Phi) is 19.6. The number of hydrogen-bond donors (Lipinski definition) is 1. The zero-order valence-electron chi connectivity index (χ0n) is 36.7. The molecule has 8 heteroatoms. The molecule has 1 aromatic heterocycles. The largest absolute Gasteiger partial charge is 0.494 e. The molecule has 3 aromatic rings. The van der Waals surface area contributed by atoms with Crippen LogP contribution in [0.2, 0.25) is 0 Å². The number of ether oxygens (including phenoxy) is 4. The number of nitrogens with two attached hydrogens (primary N) is 1. The average Bonchev–Trinajstić information content (AvgIpc) is 3.71. The van der Waals surface area contributed by atoms with Crippen LogP contribution in [0.3, 0.4) is 0 Å². The summed E-state index contributed by atoms with van der Waals surface area (Å²) in [6, 6.07) is 16.8. The number of rotatable bonds is 27. The first kappa shape index (κ1) is 45.7.